The first-order valence-electron chi connectivity index (χ1n) is 5.29. The summed E-state index contributed by atoms with van der Waals surface area (Å²) in [6.45, 7) is 1.66. The van der Waals surface area contributed by atoms with Gasteiger partial charge < -0.3 is 4.74 Å². The molecule has 1 N–H and O–H groups in total. The standard InChI is InChI=1S/C11H10N2O5S/c1-5-4-19-9(10(16)18-2)8(5)13-7(15)3-6(14)12-11(13)17/h4H,3H2,1-2H3,(H,12,14,17). The Kier molecular flexibility index (Phi) is 3.34. The van der Waals surface area contributed by atoms with E-state index in [9.17, 15) is 19.2 Å². The molecule has 1 aromatic heterocycles. The molecule has 0 aliphatic carbocycles. The second-order valence-electron chi connectivity index (χ2n) is 3.85. The average molecular weight is 282 g/mol. The molecule has 8 heteroatoms. The number of amides is 4. The number of hydrogen-bond donors (Lipinski definition) is 1. The van der Waals surface area contributed by atoms with Gasteiger partial charge in [-0.2, -0.15) is 0 Å². The number of anilines is 1. The summed E-state index contributed by atoms with van der Waals surface area (Å²) < 4.78 is 4.61. The van der Waals surface area contributed by atoms with E-state index >= 15 is 0 Å². The first-order valence-corrected chi connectivity index (χ1v) is 6.16. The molecular weight excluding hydrogens is 272 g/mol. The number of carbonyl (C=O) groups is 4. The van der Waals surface area contributed by atoms with Gasteiger partial charge in [0.05, 0.1) is 12.8 Å². The first kappa shape index (κ1) is 13.2. The van der Waals surface area contributed by atoms with Gasteiger partial charge in [0.15, 0.2) is 0 Å². The van der Waals surface area contributed by atoms with Gasteiger partial charge in [0, 0.05) is 0 Å². The molecule has 0 unspecified atom stereocenters. The Labute approximate surface area is 112 Å². The van der Waals surface area contributed by atoms with Crippen LogP contribution in [0.25, 0.3) is 0 Å². The lowest BCUT2D eigenvalue weighted by Crippen LogP contribution is -2.53. The Morgan fingerprint density at radius 3 is 2.68 bits per heavy atom. The predicted octanol–water partition coefficient (Wildman–Crippen LogP) is 0.816. The number of nitrogens with zero attached hydrogens (tertiary/aromatic N) is 1. The van der Waals surface area contributed by atoms with Crippen molar-refractivity contribution in [2.24, 2.45) is 0 Å². The lowest BCUT2D eigenvalue weighted by Gasteiger charge is -2.25. The Morgan fingerprint density at radius 2 is 2.11 bits per heavy atom. The molecule has 0 bridgehead atoms. The monoisotopic (exact) mass is 282 g/mol. The number of nitrogens with one attached hydrogen (secondary N) is 1. The van der Waals surface area contributed by atoms with Gasteiger partial charge in [0.2, 0.25) is 11.8 Å². The minimum Gasteiger partial charge on any atom is -0.465 e. The number of barbiturate groups is 1. The molecule has 1 saturated heterocycles. The summed E-state index contributed by atoms with van der Waals surface area (Å²) in [4.78, 5) is 47.2. The maximum atomic E-state index is 11.8. The van der Waals surface area contributed by atoms with Crippen molar-refractivity contribution in [3.8, 4) is 0 Å². The Bertz CT molecular complexity index is 572. The van der Waals surface area contributed by atoms with Gasteiger partial charge in [-0.15, -0.1) is 11.3 Å². The molecule has 4 amide bonds. The van der Waals surface area contributed by atoms with E-state index in [1.165, 1.54) is 7.11 Å². The maximum Gasteiger partial charge on any atom is 0.350 e. The van der Waals surface area contributed by atoms with Crippen LogP contribution in [0.5, 0.6) is 0 Å². The molecule has 1 aromatic rings. The average Bonchev–Trinajstić information content (AvgIpc) is 2.70. The minimum atomic E-state index is -0.854. The second kappa shape index (κ2) is 4.81. The fraction of sp³-hybridized carbons (Fsp3) is 0.273. The number of aryl methyl sites for hydroxylation is 1. The molecule has 100 valence electrons. The van der Waals surface area contributed by atoms with Crippen LogP contribution in [0.2, 0.25) is 0 Å². The molecule has 0 saturated carbocycles. The number of esters is 1. The Balaban J connectivity index is 2.49. The Morgan fingerprint density at radius 1 is 1.42 bits per heavy atom. The van der Waals surface area contributed by atoms with E-state index < -0.39 is 30.2 Å². The van der Waals surface area contributed by atoms with E-state index in [1.54, 1.807) is 12.3 Å². The number of imide groups is 2. The van der Waals surface area contributed by atoms with Crippen LogP contribution in [0.3, 0.4) is 0 Å². The number of rotatable bonds is 2. The molecule has 1 fully saturated rings. The van der Waals surface area contributed by atoms with E-state index in [0.717, 1.165) is 16.2 Å². The van der Waals surface area contributed by atoms with Gasteiger partial charge in [0.1, 0.15) is 11.3 Å². The summed E-state index contributed by atoms with van der Waals surface area (Å²) in [5.41, 5.74) is 0.759. The van der Waals surface area contributed by atoms with E-state index in [2.05, 4.69) is 4.74 Å². The van der Waals surface area contributed by atoms with Gasteiger partial charge >= 0.3 is 12.0 Å². The van der Waals surface area contributed by atoms with Gasteiger partial charge in [-0.1, -0.05) is 0 Å². The molecule has 0 spiro atoms. The molecule has 0 atom stereocenters. The molecule has 0 radical (unpaired) electrons. The van der Waals surface area contributed by atoms with Crippen molar-refractivity contribution < 1.29 is 23.9 Å². The lowest BCUT2D eigenvalue weighted by atomic mass is 10.2. The van der Waals surface area contributed by atoms with Crippen LogP contribution in [0.4, 0.5) is 10.5 Å². The highest BCUT2D eigenvalue weighted by atomic mass is 32.1. The van der Waals surface area contributed by atoms with Crippen molar-refractivity contribution in [3.05, 3.63) is 15.8 Å². The smallest absolute Gasteiger partial charge is 0.350 e. The third-order valence-corrected chi connectivity index (χ3v) is 3.61. The predicted molar refractivity (Wildman–Crippen MR) is 66.0 cm³/mol. The van der Waals surface area contributed by atoms with Gasteiger partial charge in [-0.3, -0.25) is 14.9 Å². The van der Waals surface area contributed by atoms with Crippen molar-refractivity contribution in [2.75, 3.05) is 12.0 Å². The molecular formula is C11H10N2O5S. The van der Waals surface area contributed by atoms with E-state index in [4.69, 9.17) is 0 Å². The molecule has 7 nitrogen and oxygen atoms in total. The number of hydrogen-bond acceptors (Lipinski definition) is 6. The first-order chi connectivity index (χ1) is 8.95. The van der Waals surface area contributed by atoms with Crippen molar-refractivity contribution in [1.82, 2.24) is 5.32 Å². The summed E-state index contributed by atoms with van der Waals surface area (Å²) >= 11 is 1.07. The quantitative estimate of drug-likeness (QED) is 0.640. The summed E-state index contributed by atoms with van der Waals surface area (Å²) in [5, 5.41) is 3.68. The maximum absolute atomic E-state index is 11.8. The normalized spacial score (nSPS) is 15.5. The van der Waals surface area contributed by atoms with Crippen molar-refractivity contribution >= 4 is 40.8 Å². The number of carbonyl (C=O) groups excluding carboxylic acids is 4. The Hall–Kier alpha value is -2.22. The van der Waals surface area contributed by atoms with Crippen LogP contribution in [0.1, 0.15) is 21.7 Å². The zero-order valence-corrected chi connectivity index (χ0v) is 11.0. The van der Waals surface area contributed by atoms with Crippen LogP contribution in [-0.2, 0) is 14.3 Å². The molecule has 1 aliphatic heterocycles. The molecule has 2 heterocycles. The summed E-state index contributed by atoms with van der Waals surface area (Å²) in [6.07, 6.45) is -0.429. The van der Waals surface area contributed by atoms with Crippen LogP contribution in [-0.4, -0.2) is 30.9 Å². The fourth-order valence-electron chi connectivity index (χ4n) is 1.73. The topological polar surface area (TPSA) is 92.8 Å². The fourth-order valence-corrected chi connectivity index (χ4v) is 2.68. The largest absolute Gasteiger partial charge is 0.465 e. The third-order valence-electron chi connectivity index (χ3n) is 2.55. The highest BCUT2D eigenvalue weighted by Crippen LogP contribution is 2.33. The summed E-state index contributed by atoms with van der Waals surface area (Å²) in [6, 6.07) is -0.854. The van der Waals surface area contributed by atoms with Crippen LogP contribution < -0.4 is 10.2 Å². The zero-order valence-electron chi connectivity index (χ0n) is 10.2. The number of ether oxygens (including phenoxy) is 1. The van der Waals surface area contributed by atoms with Crippen molar-refractivity contribution in [2.45, 2.75) is 13.3 Å². The lowest BCUT2D eigenvalue weighted by molar-refractivity contribution is -0.128. The van der Waals surface area contributed by atoms with E-state index in [1.807, 2.05) is 5.32 Å². The number of urea groups is 1. The molecule has 19 heavy (non-hydrogen) atoms. The third kappa shape index (κ3) is 2.22. The molecule has 1 aliphatic rings. The highest BCUT2D eigenvalue weighted by Gasteiger charge is 2.36. The number of methoxy groups -OCH3 is 1. The highest BCUT2D eigenvalue weighted by molar-refractivity contribution is 7.12. The van der Waals surface area contributed by atoms with Crippen LogP contribution in [0.15, 0.2) is 5.38 Å². The zero-order chi connectivity index (χ0) is 14.2. The van der Waals surface area contributed by atoms with Crippen LogP contribution >= 0.6 is 11.3 Å². The van der Waals surface area contributed by atoms with Crippen molar-refractivity contribution in [1.29, 1.82) is 0 Å². The number of thiophene rings is 1. The minimum absolute atomic E-state index is 0.151. The van der Waals surface area contributed by atoms with E-state index in [0.29, 0.717) is 5.56 Å². The van der Waals surface area contributed by atoms with Crippen molar-refractivity contribution in [3.63, 3.8) is 0 Å². The molecule has 2 rings (SSSR count). The van der Waals surface area contributed by atoms with Crippen LogP contribution in [0, 0.1) is 6.92 Å². The van der Waals surface area contributed by atoms with Gasteiger partial charge in [-0.25, -0.2) is 14.5 Å². The van der Waals surface area contributed by atoms with Gasteiger partial charge in [-0.05, 0) is 17.9 Å². The molecule has 0 aromatic carbocycles. The van der Waals surface area contributed by atoms with E-state index in [-0.39, 0.29) is 10.6 Å². The second-order valence-corrected chi connectivity index (χ2v) is 4.73. The summed E-state index contributed by atoms with van der Waals surface area (Å²) in [7, 11) is 1.21. The van der Waals surface area contributed by atoms with Gasteiger partial charge in [0.25, 0.3) is 0 Å². The SMILES string of the molecule is COC(=O)c1scc(C)c1N1C(=O)CC(=O)NC1=O. The summed E-state index contributed by atoms with van der Waals surface area (Å²) in [5.74, 6) is -1.95.